The lowest BCUT2D eigenvalue weighted by atomic mass is 10.0. The average molecular weight is 215 g/mol. The fraction of sp³-hybridized carbons (Fsp3) is 0.375. The molecule has 1 rings (SSSR count). The highest BCUT2D eigenvalue weighted by atomic mass is 32.1. The molecule has 0 saturated heterocycles. The second-order valence-corrected chi connectivity index (χ2v) is 3.69. The third kappa shape index (κ3) is 3.14. The van der Waals surface area contributed by atoms with Crippen LogP contribution in [0.3, 0.4) is 0 Å². The molecule has 1 heterocycles. The minimum atomic E-state index is -1.01. The van der Waals surface area contributed by atoms with Crippen LogP contribution in [0.1, 0.15) is 23.8 Å². The molecule has 0 unspecified atom stereocenters. The topological polar surface area (TPSA) is 87.5 Å². The molecule has 0 aliphatic heterocycles. The van der Waals surface area contributed by atoms with Gasteiger partial charge >= 0.3 is 11.9 Å². The van der Waals surface area contributed by atoms with Crippen molar-refractivity contribution in [1.29, 1.82) is 0 Å². The van der Waals surface area contributed by atoms with E-state index < -0.39 is 17.9 Å². The molecule has 5 nitrogen and oxygen atoms in total. The van der Waals surface area contributed by atoms with Crippen molar-refractivity contribution in [1.82, 2.24) is 4.98 Å². The Labute approximate surface area is 84.0 Å². The van der Waals surface area contributed by atoms with Crippen molar-refractivity contribution in [2.75, 3.05) is 0 Å². The number of aliphatic carboxylic acids is 2. The Kier molecular flexibility index (Phi) is 3.58. The smallest absolute Gasteiger partial charge is 0.304 e. The Morgan fingerprint density at radius 1 is 1.36 bits per heavy atom. The Bertz CT molecular complexity index is 306. The minimum Gasteiger partial charge on any atom is -0.481 e. The number of aromatic nitrogens is 1. The fourth-order valence-corrected chi connectivity index (χ4v) is 1.85. The number of thiazole rings is 1. The Balaban J connectivity index is 2.71. The van der Waals surface area contributed by atoms with E-state index in [2.05, 4.69) is 4.98 Å². The van der Waals surface area contributed by atoms with Crippen molar-refractivity contribution in [2.24, 2.45) is 0 Å². The fourth-order valence-electron chi connectivity index (χ4n) is 1.10. The maximum Gasteiger partial charge on any atom is 0.304 e. The standard InChI is InChI=1S/C8H9NO4S/c10-6(11)3-5(4-7(12)13)8-9-1-2-14-8/h1-2,5H,3-4H2,(H,10,11)(H,12,13). The summed E-state index contributed by atoms with van der Waals surface area (Å²) in [5.74, 6) is -2.54. The molecule has 2 N–H and O–H groups in total. The molecule has 14 heavy (non-hydrogen) atoms. The highest BCUT2D eigenvalue weighted by Gasteiger charge is 2.20. The van der Waals surface area contributed by atoms with Gasteiger partial charge in [-0.25, -0.2) is 4.98 Å². The van der Waals surface area contributed by atoms with E-state index >= 15 is 0 Å². The van der Waals surface area contributed by atoms with Gasteiger partial charge in [-0.3, -0.25) is 9.59 Å². The summed E-state index contributed by atoms with van der Waals surface area (Å²) >= 11 is 1.28. The minimum absolute atomic E-state index is 0.195. The van der Waals surface area contributed by atoms with Gasteiger partial charge in [-0.05, 0) is 0 Å². The molecule has 0 bridgehead atoms. The predicted molar refractivity (Wildman–Crippen MR) is 49.4 cm³/mol. The van der Waals surface area contributed by atoms with Crippen LogP contribution in [0.25, 0.3) is 0 Å². The first-order valence-electron chi connectivity index (χ1n) is 3.92. The second kappa shape index (κ2) is 4.71. The van der Waals surface area contributed by atoms with E-state index in [9.17, 15) is 9.59 Å². The molecular formula is C8H9NO4S. The van der Waals surface area contributed by atoms with E-state index in [0.717, 1.165) is 0 Å². The summed E-state index contributed by atoms with van der Waals surface area (Å²) in [5.41, 5.74) is 0. The normalized spacial score (nSPS) is 10.4. The van der Waals surface area contributed by atoms with Crippen molar-refractivity contribution >= 4 is 23.3 Å². The van der Waals surface area contributed by atoms with Crippen molar-refractivity contribution in [3.05, 3.63) is 16.6 Å². The van der Waals surface area contributed by atoms with E-state index in [1.165, 1.54) is 17.5 Å². The largest absolute Gasteiger partial charge is 0.481 e. The summed E-state index contributed by atoms with van der Waals surface area (Å²) in [6, 6.07) is 0. The lowest BCUT2D eigenvalue weighted by molar-refractivity contribution is -0.139. The van der Waals surface area contributed by atoms with Crippen LogP contribution in [-0.2, 0) is 9.59 Å². The summed E-state index contributed by atoms with van der Waals surface area (Å²) in [7, 11) is 0. The van der Waals surface area contributed by atoms with Crippen LogP contribution in [0, 0.1) is 0 Å². The summed E-state index contributed by atoms with van der Waals surface area (Å²) in [5, 5.41) is 19.4. The van der Waals surface area contributed by atoms with Crippen molar-refractivity contribution < 1.29 is 19.8 Å². The molecular weight excluding hydrogens is 206 g/mol. The molecule has 0 atom stereocenters. The number of carboxylic acids is 2. The second-order valence-electron chi connectivity index (χ2n) is 2.76. The lowest BCUT2D eigenvalue weighted by Gasteiger charge is -2.07. The Hall–Kier alpha value is -1.43. The van der Waals surface area contributed by atoms with Gasteiger partial charge in [0.2, 0.25) is 0 Å². The van der Waals surface area contributed by atoms with E-state index in [1.54, 1.807) is 5.38 Å². The molecule has 1 aromatic rings. The third-order valence-corrected chi connectivity index (χ3v) is 2.58. The van der Waals surface area contributed by atoms with Gasteiger partial charge in [0.15, 0.2) is 0 Å². The first-order chi connectivity index (χ1) is 6.59. The van der Waals surface area contributed by atoms with Gasteiger partial charge in [-0.1, -0.05) is 0 Å². The molecule has 76 valence electrons. The van der Waals surface area contributed by atoms with Crippen LogP contribution in [0.2, 0.25) is 0 Å². The van der Waals surface area contributed by atoms with Crippen molar-refractivity contribution in [3.63, 3.8) is 0 Å². The van der Waals surface area contributed by atoms with Gasteiger partial charge in [-0.15, -0.1) is 11.3 Å². The highest BCUT2D eigenvalue weighted by Crippen LogP contribution is 2.25. The molecule has 0 aliphatic carbocycles. The third-order valence-electron chi connectivity index (χ3n) is 1.64. The predicted octanol–water partition coefficient (Wildman–Crippen LogP) is 1.18. The monoisotopic (exact) mass is 215 g/mol. The molecule has 0 amide bonds. The molecule has 6 heteroatoms. The maximum atomic E-state index is 10.5. The number of carbonyl (C=O) groups is 2. The van der Waals surface area contributed by atoms with Gasteiger partial charge in [0.05, 0.1) is 17.8 Å². The van der Waals surface area contributed by atoms with E-state index in [0.29, 0.717) is 5.01 Å². The SMILES string of the molecule is O=C(O)CC(CC(=O)O)c1nccs1. The highest BCUT2D eigenvalue weighted by molar-refractivity contribution is 7.09. The average Bonchev–Trinajstić information content (AvgIpc) is 2.52. The molecule has 0 radical (unpaired) electrons. The number of rotatable bonds is 5. The molecule has 1 aromatic heterocycles. The van der Waals surface area contributed by atoms with Gasteiger partial charge in [0.1, 0.15) is 0 Å². The van der Waals surface area contributed by atoms with E-state index in [4.69, 9.17) is 10.2 Å². The van der Waals surface area contributed by atoms with Crippen LogP contribution in [0.15, 0.2) is 11.6 Å². The summed E-state index contributed by atoms with van der Waals surface area (Å²) in [4.78, 5) is 24.9. The number of hydrogen-bond acceptors (Lipinski definition) is 4. The van der Waals surface area contributed by atoms with Crippen LogP contribution in [0.4, 0.5) is 0 Å². The first-order valence-corrected chi connectivity index (χ1v) is 4.80. The van der Waals surface area contributed by atoms with E-state index in [-0.39, 0.29) is 12.8 Å². The molecule has 0 fully saturated rings. The summed E-state index contributed by atoms with van der Waals surface area (Å²) < 4.78 is 0. The quantitative estimate of drug-likeness (QED) is 0.769. The van der Waals surface area contributed by atoms with Crippen molar-refractivity contribution in [2.45, 2.75) is 18.8 Å². The van der Waals surface area contributed by atoms with Crippen LogP contribution in [0.5, 0.6) is 0 Å². The lowest BCUT2D eigenvalue weighted by Crippen LogP contribution is -2.10. The Morgan fingerprint density at radius 2 is 1.93 bits per heavy atom. The van der Waals surface area contributed by atoms with Crippen LogP contribution < -0.4 is 0 Å². The zero-order valence-electron chi connectivity index (χ0n) is 7.21. The molecule has 0 aromatic carbocycles. The van der Waals surface area contributed by atoms with Gasteiger partial charge in [0.25, 0.3) is 0 Å². The first kappa shape index (κ1) is 10.6. The van der Waals surface area contributed by atoms with Gasteiger partial charge in [-0.2, -0.15) is 0 Å². The van der Waals surface area contributed by atoms with Crippen LogP contribution >= 0.6 is 11.3 Å². The maximum absolute atomic E-state index is 10.5. The van der Waals surface area contributed by atoms with Gasteiger partial charge < -0.3 is 10.2 Å². The zero-order chi connectivity index (χ0) is 10.6. The number of carboxylic acid groups (broad SMARTS) is 2. The number of hydrogen-bond donors (Lipinski definition) is 2. The van der Waals surface area contributed by atoms with E-state index in [1.807, 2.05) is 0 Å². The molecule has 0 aliphatic rings. The number of nitrogens with zero attached hydrogens (tertiary/aromatic N) is 1. The van der Waals surface area contributed by atoms with Crippen LogP contribution in [-0.4, -0.2) is 27.1 Å². The Morgan fingerprint density at radius 3 is 2.29 bits per heavy atom. The van der Waals surface area contributed by atoms with Gasteiger partial charge in [0, 0.05) is 17.5 Å². The van der Waals surface area contributed by atoms with Crippen molar-refractivity contribution in [3.8, 4) is 0 Å². The summed E-state index contributed by atoms with van der Waals surface area (Å²) in [6.07, 6.45) is 1.15. The zero-order valence-corrected chi connectivity index (χ0v) is 8.03. The molecule has 0 spiro atoms. The summed E-state index contributed by atoms with van der Waals surface area (Å²) in [6.45, 7) is 0. The molecule has 0 saturated carbocycles.